The monoisotopic (exact) mass is 233 g/mol. The van der Waals surface area contributed by atoms with Gasteiger partial charge in [-0.3, -0.25) is 0 Å². The van der Waals surface area contributed by atoms with Crippen LogP contribution in [0.5, 0.6) is 5.75 Å². The first-order valence-corrected chi connectivity index (χ1v) is 4.70. The zero-order chi connectivity index (χ0) is 12.5. The van der Waals surface area contributed by atoms with Gasteiger partial charge in [-0.2, -0.15) is 13.2 Å². The minimum atomic E-state index is -4.33. The summed E-state index contributed by atoms with van der Waals surface area (Å²) in [5, 5.41) is 0. The van der Waals surface area contributed by atoms with E-state index in [2.05, 4.69) is 0 Å². The van der Waals surface area contributed by atoms with Gasteiger partial charge in [0.25, 0.3) is 0 Å². The number of halogens is 3. The van der Waals surface area contributed by atoms with Crippen molar-refractivity contribution in [3.05, 3.63) is 23.3 Å². The van der Waals surface area contributed by atoms with Crippen LogP contribution in [0.2, 0.25) is 0 Å². The van der Waals surface area contributed by atoms with Gasteiger partial charge in [-0.1, -0.05) is 0 Å². The molecule has 0 amide bonds. The third kappa shape index (κ3) is 2.40. The zero-order valence-electron chi connectivity index (χ0n) is 9.64. The molecule has 0 bridgehead atoms. The van der Waals surface area contributed by atoms with Crippen LogP contribution in [0.4, 0.5) is 18.9 Å². The first-order chi connectivity index (χ1) is 7.27. The minimum absolute atomic E-state index is 0.162. The van der Waals surface area contributed by atoms with Gasteiger partial charge in [0.1, 0.15) is 5.75 Å². The Morgan fingerprint density at radius 3 is 2.12 bits per heavy atom. The molecule has 0 aliphatic carbocycles. The van der Waals surface area contributed by atoms with Crippen molar-refractivity contribution in [2.45, 2.75) is 13.1 Å². The average Bonchev–Trinajstić information content (AvgIpc) is 2.14. The van der Waals surface area contributed by atoms with Crippen LogP contribution in [0.25, 0.3) is 0 Å². The summed E-state index contributed by atoms with van der Waals surface area (Å²) < 4.78 is 43.1. The van der Waals surface area contributed by atoms with Gasteiger partial charge in [0.05, 0.1) is 18.4 Å². The summed E-state index contributed by atoms with van der Waals surface area (Å²) in [6.45, 7) is 1.42. The number of nitrogens with zero attached hydrogens (tertiary/aromatic N) is 1. The molecule has 0 aromatic heterocycles. The quantitative estimate of drug-likeness (QED) is 0.778. The maximum Gasteiger partial charge on any atom is 0.416 e. The first-order valence-electron chi connectivity index (χ1n) is 4.70. The molecule has 1 rings (SSSR count). The Balaban J connectivity index is 3.39. The molecule has 90 valence electrons. The number of benzene rings is 1. The number of methoxy groups -OCH3 is 1. The number of ether oxygens (including phenoxy) is 1. The molecule has 0 fully saturated rings. The van der Waals surface area contributed by atoms with E-state index in [9.17, 15) is 13.2 Å². The highest BCUT2D eigenvalue weighted by Gasteiger charge is 2.33. The van der Waals surface area contributed by atoms with Gasteiger partial charge in [0.15, 0.2) is 0 Å². The topological polar surface area (TPSA) is 12.5 Å². The molecule has 5 heteroatoms. The van der Waals surface area contributed by atoms with Crippen molar-refractivity contribution in [2.75, 3.05) is 26.1 Å². The van der Waals surface area contributed by atoms with Gasteiger partial charge < -0.3 is 9.64 Å². The van der Waals surface area contributed by atoms with Gasteiger partial charge in [-0.25, -0.2) is 0 Å². The predicted molar refractivity (Wildman–Crippen MR) is 57.1 cm³/mol. The number of rotatable bonds is 2. The molecule has 2 nitrogen and oxygen atoms in total. The van der Waals surface area contributed by atoms with Gasteiger partial charge >= 0.3 is 6.18 Å². The molecule has 0 heterocycles. The van der Waals surface area contributed by atoms with Crippen LogP contribution < -0.4 is 9.64 Å². The predicted octanol–water partition coefficient (Wildman–Crippen LogP) is 3.09. The first kappa shape index (κ1) is 12.7. The Morgan fingerprint density at radius 1 is 1.19 bits per heavy atom. The highest BCUT2D eigenvalue weighted by molar-refractivity contribution is 5.61. The fraction of sp³-hybridized carbons (Fsp3) is 0.455. The van der Waals surface area contributed by atoms with Gasteiger partial charge in [0.2, 0.25) is 0 Å². The second kappa shape index (κ2) is 4.23. The molecule has 16 heavy (non-hydrogen) atoms. The van der Waals surface area contributed by atoms with Crippen molar-refractivity contribution >= 4 is 5.69 Å². The number of anilines is 1. The normalized spacial score (nSPS) is 11.4. The van der Waals surface area contributed by atoms with Gasteiger partial charge in [-0.15, -0.1) is 0 Å². The Labute approximate surface area is 92.6 Å². The molecule has 0 aliphatic heterocycles. The molecule has 1 aromatic rings. The number of alkyl halides is 3. The Hall–Kier alpha value is -1.39. The highest BCUT2D eigenvalue weighted by atomic mass is 19.4. The lowest BCUT2D eigenvalue weighted by molar-refractivity contribution is -0.138. The summed E-state index contributed by atoms with van der Waals surface area (Å²) in [4.78, 5) is 1.59. The van der Waals surface area contributed by atoms with Crippen molar-refractivity contribution in [1.82, 2.24) is 0 Å². The van der Waals surface area contributed by atoms with Crippen molar-refractivity contribution < 1.29 is 17.9 Å². The van der Waals surface area contributed by atoms with Crippen LogP contribution in [-0.4, -0.2) is 21.2 Å². The third-order valence-corrected chi connectivity index (χ3v) is 2.31. The standard InChI is InChI=1S/C11H14F3NO/c1-7-5-10(16-4)9(15(2)3)6-8(7)11(12,13)14/h5-6H,1-4H3. The van der Waals surface area contributed by atoms with E-state index in [0.717, 1.165) is 6.07 Å². The summed E-state index contributed by atoms with van der Waals surface area (Å²) in [5.74, 6) is 0.440. The van der Waals surface area contributed by atoms with E-state index in [4.69, 9.17) is 4.74 Å². The second-order valence-corrected chi connectivity index (χ2v) is 3.73. The van der Waals surface area contributed by atoms with Crippen LogP contribution in [0.15, 0.2) is 12.1 Å². The van der Waals surface area contributed by atoms with Crippen LogP contribution >= 0.6 is 0 Å². The van der Waals surface area contributed by atoms with Crippen molar-refractivity contribution in [1.29, 1.82) is 0 Å². The molecule has 0 saturated heterocycles. The minimum Gasteiger partial charge on any atom is -0.495 e. The van der Waals surface area contributed by atoms with Crippen LogP contribution in [0, 0.1) is 6.92 Å². The molecule has 0 saturated carbocycles. The fourth-order valence-electron chi connectivity index (χ4n) is 1.49. The summed E-state index contributed by atoms with van der Waals surface area (Å²) in [5.41, 5.74) is -0.0487. The van der Waals surface area contributed by atoms with Crippen molar-refractivity contribution in [2.24, 2.45) is 0 Å². The fourth-order valence-corrected chi connectivity index (χ4v) is 1.49. The number of hydrogen-bond acceptors (Lipinski definition) is 2. The summed E-state index contributed by atoms with van der Waals surface area (Å²) in [7, 11) is 4.79. The van der Waals surface area contributed by atoms with Crippen molar-refractivity contribution in [3.8, 4) is 5.75 Å². The lowest BCUT2D eigenvalue weighted by atomic mass is 10.1. The molecule has 0 aliphatic rings. The van der Waals surface area contributed by atoms with Crippen LogP contribution in [-0.2, 0) is 6.18 Å². The van der Waals surface area contributed by atoms with E-state index in [0.29, 0.717) is 11.4 Å². The highest BCUT2D eigenvalue weighted by Crippen LogP contribution is 2.38. The molecule has 0 spiro atoms. The molecule has 1 aromatic carbocycles. The lowest BCUT2D eigenvalue weighted by Gasteiger charge is -2.20. The molecular formula is C11H14F3NO. The van der Waals surface area contributed by atoms with E-state index in [-0.39, 0.29) is 5.56 Å². The third-order valence-electron chi connectivity index (χ3n) is 2.31. The molecule has 0 radical (unpaired) electrons. The second-order valence-electron chi connectivity index (χ2n) is 3.73. The molecule has 0 unspecified atom stereocenters. The summed E-state index contributed by atoms with van der Waals surface area (Å²) >= 11 is 0. The molecule has 0 N–H and O–H groups in total. The Morgan fingerprint density at radius 2 is 1.75 bits per heavy atom. The molecular weight excluding hydrogens is 219 g/mol. The van der Waals surface area contributed by atoms with Crippen LogP contribution in [0.3, 0.4) is 0 Å². The van der Waals surface area contributed by atoms with Crippen LogP contribution in [0.1, 0.15) is 11.1 Å². The van der Waals surface area contributed by atoms with E-state index in [1.165, 1.54) is 20.1 Å². The van der Waals surface area contributed by atoms with Gasteiger partial charge in [-0.05, 0) is 24.6 Å². The van der Waals surface area contributed by atoms with Crippen molar-refractivity contribution in [3.63, 3.8) is 0 Å². The summed E-state index contributed by atoms with van der Waals surface area (Å²) in [6, 6.07) is 2.51. The molecule has 0 atom stereocenters. The summed E-state index contributed by atoms with van der Waals surface area (Å²) in [6.07, 6.45) is -4.33. The number of aryl methyl sites for hydroxylation is 1. The largest absolute Gasteiger partial charge is 0.495 e. The zero-order valence-corrected chi connectivity index (χ0v) is 9.64. The SMILES string of the molecule is COc1cc(C)c(C(F)(F)F)cc1N(C)C. The van der Waals surface area contributed by atoms with E-state index >= 15 is 0 Å². The Bertz CT molecular complexity index is 386. The maximum atomic E-state index is 12.7. The number of hydrogen-bond donors (Lipinski definition) is 0. The maximum absolute atomic E-state index is 12.7. The van der Waals surface area contributed by atoms with E-state index in [1.54, 1.807) is 19.0 Å². The van der Waals surface area contributed by atoms with Gasteiger partial charge in [0, 0.05) is 14.1 Å². The Kier molecular flexibility index (Phi) is 3.35. The average molecular weight is 233 g/mol. The lowest BCUT2D eigenvalue weighted by Crippen LogP contribution is -2.14. The van der Waals surface area contributed by atoms with E-state index < -0.39 is 11.7 Å². The van der Waals surface area contributed by atoms with E-state index in [1.807, 2.05) is 0 Å². The smallest absolute Gasteiger partial charge is 0.416 e.